The average molecular weight is 355 g/mol. The molecule has 118 valence electrons. The number of halogens is 2. The first-order chi connectivity index (χ1) is 11.7. The van der Waals surface area contributed by atoms with Gasteiger partial charge in [-0.15, -0.1) is 0 Å². The summed E-state index contributed by atoms with van der Waals surface area (Å²) in [5, 5.41) is 6.13. The number of hydrogen-bond acceptors (Lipinski definition) is 3. The zero-order chi connectivity index (χ0) is 16.5. The van der Waals surface area contributed by atoms with Crippen LogP contribution in [0.4, 0.5) is 0 Å². The van der Waals surface area contributed by atoms with Crippen LogP contribution >= 0.6 is 23.2 Å². The van der Waals surface area contributed by atoms with Crippen molar-refractivity contribution in [3.05, 3.63) is 82.5 Å². The van der Waals surface area contributed by atoms with Gasteiger partial charge < -0.3 is 0 Å². The van der Waals surface area contributed by atoms with Crippen molar-refractivity contribution in [2.45, 2.75) is 6.42 Å². The zero-order valence-corrected chi connectivity index (χ0v) is 14.0. The summed E-state index contributed by atoms with van der Waals surface area (Å²) in [6, 6.07) is 15.8. The summed E-state index contributed by atoms with van der Waals surface area (Å²) in [5.41, 5.74) is 3.69. The molecule has 2 heterocycles. The third-order valence-electron chi connectivity index (χ3n) is 3.87. The first-order valence-electron chi connectivity index (χ1n) is 7.39. The molecule has 24 heavy (non-hydrogen) atoms. The van der Waals surface area contributed by atoms with Crippen LogP contribution in [-0.4, -0.2) is 19.7 Å². The number of rotatable bonds is 3. The summed E-state index contributed by atoms with van der Waals surface area (Å²) in [7, 11) is 0. The Morgan fingerprint density at radius 3 is 2.50 bits per heavy atom. The molecule has 4 rings (SSSR count). The molecule has 0 amide bonds. The lowest BCUT2D eigenvalue weighted by Crippen LogP contribution is -1.97. The molecule has 2 aromatic carbocycles. The maximum atomic E-state index is 6.56. The van der Waals surface area contributed by atoms with Crippen molar-refractivity contribution < 1.29 is 0 Å². The Balaban J connectivity index is 1.69. The van der Waals surface area contributed by atoms with Crippen LogP contribution in [0.15, 0.2) is 61.2 Å². The number of para-hydroxylation sites is 1. The second kappa shape index (κ2) is 6.23. The fraction of sp³-hybridized carbons (Fsp3) is 0.0556. The summed E-state index contributed by atoms with van der Waals surface area (Å²) in [5.74, 6) is 0. The molecule has 2 aromatic heterocycles. The molecule has 0 spiro atoms. The molecule has 0 aliphatic carbocycles. The van der Waals surface area contributed by atoms with Gasteiger partial charge in [0.2, 0.25) is 0 Å². The van der Waals surface area contributed by atoms with Crippen molar-refractivity contribution in [3.63, 3.8) is 0 Å². The van der Waals surface area contributed by atoms with Crippen molar-refractivity contribution in [2.75, 3.05) is 0 Å². The van der Waals surface area contributed by atoms with E-state index in [0.29, 0.717) is 16.6 Å². The predicted octanol–water partition coefficient (Wildman–Crippen LogP) is 4.71. The summed E-state index contributed by atoms with van der Waals surface area (Å²) in [6.07, 6.45) is 3.79. The lowest BCUT2D eigenvalue weighted by Gasteiger charge is -2.10. The van der Waals surface area contributed by atoms with Crippen molar-refractivity contribution in [1.82, 2.24) is 19.7 Å². The number of fused-ring (bicyclic) bond motifs is 1. The van der Waals surface area contributed by atoms with Gasteiger partial charge in [0.15, 0.2) is 0 Å². The van der Waals surface area contributed by atoms with E-state index in [4.69, 9.17) is 23.2 Å². The molecule has 4 aromatic rings. The maximum Gasteiger partial charge on any atom is 0.138 e. The third kappa shape index (κ3) is 2.75. The van der Waals surface area contributed by atoms with E-state index in [9.17, 15) is 0 Å². The van der Waals surface area contributed by atoms with Crippen molar-refractivity contribution in [2.24, 2.45) is 0 Å². The normalized spacial score (nSPS) is 11.1. The van der Waals surface area contributed by atoms with Crippen LogP contribution in [0.2, 0.25) is 10.2 Å². The predicted molar refractivity (Wildman–Crippen MR) is 95.9 cm³/mol. The Kier molecular flexibility index (Phi) is 3.92. The number of aromatic nitrogens is 4. The van der Waals surface area contributed by atoms with Gasteiger partial charge in [0, 0.05) is 17.4 Å². The number of pyridine rings is 1. The molecule has 0 aliphatic rings. The van der Waals surface area contributed by atoms with Gasteiger partial charge in [-0.1, -0.05) is 53.5 Å². The minimum Gasteiger partial charge on any atom is -0.236 e. The lowest BCUT2D eigenvalue weighted by atomic mass is 10.0. The van der Waals surface area contributed by atoms with E-state index in [1.54, 1.807) is 11.0 Å². The average Bonchev–Trinajstić information content (AvgIpc) is 3.14. The van der Waals surface area contributed by atoms with E-state index >= 15 is 0 Å². The first-order valence-corrected chi connectivity index (χ1v) is 8.14. The molecule has 0 bridgehead atoms. The summed E-state index contributed by atoms with van der Waals surface area (Å²) in [4.78, 5) is 8.40. The van der Waals surface area contributed by atoms with Crippen LogP contribution in [0.25, 0.3) is 16.6 Å². The van der Waals surface area contributed by atoms with Crippen LogP contribution in [0.1, 0.15) is 11.1 Å². The van der Waals surface area contributed by atoms with E-state index in [1.807, 2.05) is 48.5 Å². The Morgan fingerprint density at radius 2 is 1.75 bits per heavy atom. The molecule has 6 heteroatoms. The van der Waals surface area contributed by atoms with E-state index < -0.39 is 0 Å². The zero-order valence-electron chi connectivity index (χ0n) is 12.5. The van der Waals surface area contributed by atoms with Crippen molar-refractivity contribution in [3.8, 4) is 5.69 Å². The summed E-state index contributed by atoms with van der Waals surface area (Å²) >= 11 is 12.9. The molecule has 0 atom stereocenters. The minimum absolute atomic E-state index is 0.444. The second-order valence-electron chi connectivity index (χ2n) is 5.40. The standard InChI is InChI=1S/C18H12Cl2N4/c19-17-14-3-1-2-4-16(14)23-18(20)15(17)9-12-5-7-13(8-6-12)24-11-21-10-22-24/h1-8,10-11H,9H2. The second-order valence-corrected chi connectivity index (χ2v) is 6.13. The molecule has 0 N–H and O–H groups in total. The van der Waals surface area contributed by atoms with Crippen LogP contribution in [0.3, 0.4) is 0 Å². The fourth-order valence-corrected chi connectivity index (χ4v) is 3.26. The van der Waals surface area contributed by atoms with E-state index in [1.165, 1.54) is 6.33 Å². The molecule has 0 saturated heterocycles. The SMILES string of the molecule is Clc1nc2ccccc2c(Cl)c1Cc1ccc(-n2cncn2)cc1. The molecule has 0 saturated carbocycles. The van der Waals surface area contributed by atoms with E-state index in [0.717, 1.165) is 27.7 Å². The Morgan fingerprint density at radius 1 is 0.958 bits per heavy atom. The van der Waals surface area contributed by atoms with Gasteiger partial charge in [-0.05, 0) is 23.8 Å². The molecule has 4 nitrogen and oxygen atoms in total. The number of nitrogens with zero attached hydrogens (tertiary/aromatic N) is 4. The molecule has 0 aliphatic heterocycles. The van der Waals surface area contributed by atoms with Crippen LogP contribution in [0.5, 0.6) is 0 Å². The third-order valence-corrected chi connectivity index (χ3v) is 4.62. The van der Waals surface area contributed by atoms with Gasteiger partial charge in [-0.25, -0.2) is 14.6 Å². The topological polar surface area (TPSA) is 43.6 Å². The van der Waals surface area contributed by atoms with Gasteiger partial charge in [0.05, 0.1) is 16.2 Å². The molecular formula is C18H12Cl2N4. The summed E-state index contributed by atoms with van der Waals surface area (Å²) in [6.45, 7) is 0. The van der Waals surface area contributed by atoms with E-state index in [2.05, 4.69) is 15.1 Å². The molecule has 0 radical (unpaired) electrons. The highest BCUT2D eigenvalue weighted by molar-refractivity contribution is 6.39. The van der Waals surface area contributed by atoms with E-state index in [-0.39, 0.29) is 0 Å². The van der Waals surface area contributed by atoms with Crippen LogP contribution in [-0.2, 0) is 6.42 Å². The Bertz CT molecular complexity index is 996. The van der Waals surface area contributed by atoms with Gasteiger partial charge >= 0.3 is 0 Å². The quantitative estimate of drug-likeness (QED) is 0.500. The van der Waals surface area contributed by atoms with Gasteiger partial charge in [-0.2, -0.15) is 5.10 Å². The minimum atomic E-state index is 0.444. The maximum absolute atomic E-state index is 6.56. The number of hydrogen-bond donors (Lipinski definition) is 0. The molecular weight excluding hydrogens is 343 g/mol. The smallest absolute Gasteiger partial charge is 0.138 e. The van der Waals surface area contributed by atoms with Gasteiger partial charge in [-0.3, -0.25) is 0 Å². The van der Waals surface area contributed by atoms with Crippen molar-refractivity contribution in [1.29, 1.82) is 0 Å². The van der Waals surface area contributed by atoms with Crippen LogP contribution in [0, 0.1) is 0 Å². The fourth-order valence-electron chi connectivity index (χ4n) is 2.65. The lowest BCUT2D eigenvalue weighted by molar-refractivity contribution is 0.878. The Labute approximate surface area is 148 Å². The van der Waals surface area contributed by atoms with Gasteiger partial charge in [0.1, 0.15) is 17.8 Å². The van der Waals surface area contributed by atoms with Crippen molar-refractivity contribution >= 4 is 34.1 Å². The molecule has 0 unspecified atom stereocenters. The van der Waals surface area contributed by atoms with Crippen LogP contribution < -0.4 is 0 Å². The summed E-state index contributed by atoms with van der Waals surface area (Å²) < 4.78 is 1.71. The first kappa shape index (κ1) is 15.1. The number of benzene rings is 2. The Hall–Kier alpha value is -2.43. The highest BCUT2D eigenvalue weighted by Gasteiger charge is 2.13. The van der Waals surface area contributed by atoms with Gasteiger partial charge in [0.25, 0.3) is 0 Å². The highest BCUT2D eigenvalue weighted by atomic mass is 35.5. The molecule has 0 fully saturated rings. The largest absolute Gasteiger partial charge is 0.236 e. The highest BCUT2D eigenvalue weighted by Crippen LogP contribution is 2.32. The monoisotopic (exact) mass is 354 g/mol.